The molecule has 0 bridgehead atoms. The quantitative estimate of drug-likeness (QED) is 0.656. The zero-order valence-corrected chi connectivity index (χ0v) is 11.8. The number of aryl methyl sites for hydroxylation is 1. The largest absolute Gasteiger partial charge is 0.207 e. The van der Waals surface area contributed by atoms with Gasteiger partial charge in [0.1, 0.15) is 5.82 Å². The van der Waals surface area contributed by atoms with E-state index in [1.807, 2.05) is 25.1 Å². The average molecular weight is 344 g/mol. The maximum atomic E-state index is 13.2. The molecule has 0 amide bonds. The molecular weight excluding hydrogens is 335 g/mol. The predicted molar refractivity (Wildman–Crippen MR) is 72.0 cm³/mol. The summed E-state index contributed by atoms with van der Waals surface area (Å²) in [4.78, 5) is 0. The Kier molecular flexibility index (Phi) is 3.45. The van der Waals surface area contributed by atoms with E-state index in [9.17, 15) is 4.39 Å². The van der Waals surface area contributed by atoms with Crippen LogP contribution in [0.2, 0.25) is 0 Å². The Hall–Kier alpha value is -0.670. The summed E-state index contributed by atoms with van der Waals surface area (Å²) in [6, 6.07) is 10.7. The lowest BCUT2D eigenvalue weighted by Gasteiger charge is -2.08. The number of hydrogen-bond donors (Lipinski definition) is 0. The standard InChI is InChI=1S/C13H9Br2F/c1-8-2-4-12(14)10(6-8)11-7-9(16)3-5-13(11)15/h2-7H,1H3. The highest BCUT2D eigenvalue weighted by molar-refractivity contribution is 9.11. The van der Waals surface area contributed by atoms with E-state index >= 15 is 0 Å². The van der Waals surface area contributed by atoms with Crippen molar-refractivity contribution in [1.82, 2.24) is 0 Å². The van der Waals surface area contributed by atoms with Crippen LogP contribution in [0.5, 0.6) is 0 Å². The van der Waals surface area contributed by atoms with Gasteiger partial charge >= 0.3 is 0 Å². The van der Waals surface area contributed by atoms with Crippen LogP contribution in [-0.2, 0) is 0 Å². The van der Waals surface area contributed by atoms with Crippen LogP contribution in [0.25, 0.3) is 11.1 Å². The summed E-state index contributed by atoms with van der Waals surface area (Å²) in [7, 11) is 0. The maximum absolute atomic E-state index is 13.2. The molecule has 2 aromatic carbocycles. The van der Waals surface area contributed by atoms with Crippen molar-refractivity contribution in [3.8, 4) is 11.1 Å². The van der Waals surface area contributed by atoms with Gasteiger partial charge in [-0.3, -0.25) is 0 Å². The third-order valence-electron chi connectivity index (χ3n) is 2.34. The van der Waals surface area contributed by atoms with E-state index in [4.69, 9.17) is 0 Å². The topological polar surface area (TPSA) is 0 Å². The van der Waals surface area contributed by atoms with Crippen LogP contribution in [0, 0.1) is 12.7 Å². The Morgan fingerprint density at radius 1 is 0.875 bits per heavy atom. The summed E-state index contributed by atoms with van der Waals surface area (Å²) in [6.45, 7) is 2.02. The highest BCUT2D eigenvalue weighted by atomic mass is 79.9. The van der Waals surface area contributed by atoms with E-state index in [-0.39, 0.29) is 5.82 Å². The lowest BCUT2D eigenvalue weighted by Crippen LogP contribution is -1.85. The zero-order valence-electron chi connectivity index (χ0n) is 8.60. The molecule has 0 unspecified atom stereocenters. The van der Waals surface area contributed by atoms with E-state index in [1.54, 1.807) is 6.07 Å². The maximum Gasteiger partial charge on any atom is 0.123 e. The van der Waals surface area contributed by atoms with Crippen LogP contribution < -0.4 is 0 Å². The first-order chi connectivity index (χ1) is 7.58. The summed E-state index contributed by atoms with van der Waals surface area (Å²) in [6.07, 6.45) is 0. The summed E-state index contributed by atoms with van der Waals surface area (Å²) in [5.74, 6) is -0.230. The molecule has 0 N–H and O–H groups in total. The SMILES string of the molecule is Cc1ccc(Br)c(-c2cc(F)ccc2Br)c1. The Bertz CT molecular complexity index is 486. The van der Waals surface area contributed by atoms with Gasteiger partial charge in [-0.25, -0.2) is 4.39 Å². The molecule has 2 rings (SSSR count). The van der Waals surface area contributed by atoms with Crippen molar-refractivity contribution in [3.05, 3.63) is 56.7 Å². The Morgan fingerprint density at radius 3 is 2.12 bits per heavy atom. The summed E-state index contributed by atoms with van der Waals surface area (Å²) < 4.78 is 15.1. The molecule has 0 radical (unpaired) electrons. The van der Waals surface area contributed by atoms with Gasteiger partial charge in [-0.15, -0.1) is 0 Å². The first kappa shape index (κ1) is 11.8. The normalized spacial score (nSPS) is 10.5. The van der Waals surface area contributed by atoms with Crippen molar-refractivity contribution >= 4 is 31.9 Å². The van der Waals surface area contributed by atoms with Crippen molar-refractivity contribution in [1.29, 1.82) is 0 Å². The molecular formula is C13H9Br2F. The fourth-order valence-corrected chi connectivity index (χ4v) is 2.47. The first-order valence-electron chi connectivity index (χ1n) is 4.79. The van der Waals surface area contributed by atoms with Crippen molar-refractivity contribution in [2.24, 2.45) is 0 Å². The van der Waals surface area contributed by atoms with Crippen LogP contribution in [0.15, 0.2) is 45.3 Å². The number of rotatable bonds is 1. The van der Waals surface area contributed by atoms with Crippen molar-refractivity contribution in [3.63, 3.8) is 0 Å². The van der Waals surface area contributed by atoms with E-state index in [1.165, 1.54) is 12.1 Å². The minimum absolute atomic E-state index is 0.230. The molecule has 0 spiro atoms. The number of halogens is 3. The molecule has 0 aromatic heterocycles. The molecule has 82 valence electrons. The van der Waals surface area contributed by atoms with Gasteiger partial charge in [-0.1, -0.05) is 49.6 Å². The Balaban J connectivity index is 2.66. The van der Waals surface area contributed by atoms with Gasteiger partial charge in [0.15, 0.2) is 0 Å². The van der Waals surface area contributed by atoms with Gasteiger partial charge in [0.25, 0.3) is 0 Å². The summed E-state index contributed by atoms with van der Waals surface area (Å²) >= 11 is 6.92. The van der Waals surface area contributed by atoms with Gasteiger partial charge in [-0.05, 0) is 42.3 Å². The Morgan fingerprint density at radius 2 is 1.44 bits per heavy atom. The van der Waals surface area contributed by atoms with Crippen LogP contribution >= 0.6 is 31.9 Å². The highest BCUT2D eigenvalue weighted by Crippen LogP contribution is 2.34. The molecule has 0 fully saturated rings. The minimum Gasteiger partial charge on any atom is -0.207 e. The summed E-state index contributed by atoms with van der Waals surface area (Å²) in [5, 5.41) is 0. The lowest BCUT2D eigenvalue weighted by atomic mass is 10.0. The van der Waals surface area contributed by atoms with E-state index in [0.717, 1.165) is 25.6 Å². The second-order valence-corrected chi connectivity index (χ2v) is 5.32. The zero-order chi connectivity index (χ0) is 11.7. The molecule has 0 aliphatic rings. The van der Waals surface area contributed by atoms with Crippen LogP contribution in [0.1, 0.15) is 5.56 Å². The number of benzene rings is 2. The third-order valence-corrected chi connectivity index (χ3v) is 3.72. The Labute approximate surface area is 111 Å². The van der Waals surface area contributed by atoms with Crippen LogP contribution in [-0.4, -0.2) is 0 Å². The molecule has 0 saturated carbocycles. The van der Waals surface area contributed by atoms with Gasteiger partial charge < -0.3 is 0 Å². The molecule has 0 nitrogen and oxygen atoms in total. The van der Waals surface area contributed by atoms with Crippen molar-refractivity contribution in [2.75, 3.05) is 0 Å². The van der Waals surface area contributed by atoms with Gasteiger partial charge in [0.2, 0.25) is 0 Å². The molecule has 16 heavy (non-hydrogen) atoms. The van der Waals surface area contributed by atoms with Gasteiger partial charge in [0.05, 0.1) is 0 Å². The van der Waals surface area contributed by atoms with Crippen molar-refractivity contribution < 1.29 is 4.39 Å². The molecule has 3 heteroatoms. The molecule has 0 aliphatic heterocycles. The molecule has 2 aromatic rings. The third kappa shape index (κ3) is 2.36. The van der Waals surface area contributed by atoms with Crippen LogP contribution in [0.3, 0.4) is 0 Å². The lowest BCUT2D eigenvalue weighted by molar-refractivity contribution is 0.628. The van der Waals surface area contributed by atoms with Crippen LogP contribution in [0.4, 0.5) is 4.39 Å². The molecule has 0 atom stereocenters. The number of hydrogen-bond acceptors (Lipinski definition) is 0. The highest BCUT2D eigenvalue weighted by Gasteiger charge is 2.08. The van der Waals surface area contributed by atoms with Crippen molar-refractivity contribution in [2.45, 2.75) is 6.92 Å². The summed E-state index contributed by atoms with van der Waals surface area (Å²) in [5.41, 5.74) is 3.00. The monoisotopic (exact) mass is 342 g/mol. The predicted octanol–water partition coefficient (Wildman–Crippen LogP) is 5.33. The average Bonchev–Trinajstić information content (AvgIpc) is 2.25. The second kappa shape index (κ2) is 4.68. The van der Waals surface area contributed by atoms with Gasteiger partial charge in [0, 0.05) is 8.95 Å². The minimum atomic E-state index is -0.230. The molecule has 0 heterocycles. The molecule has 0 saturated heterocycles. The van der Waals surface area contributed by atoms with E-state index in [2.05, 4.69) is 31.9 Å². The van der Waals surface area contributed by atoms with Gasteiger partial charge in [-0.2, -0.15) is 0 Å². The fraction of sp³-hybridized carbons (Fsp3) is 0.0769. The smallest absolute Gasteiger partial charge is 0.123 e. The fourth-order valence-electron chi connectivity index (χ4n) is 1.55. The molecule has 0 aliphatic carbocycles. The second-order valence-electron chi connectivity index (χ2n) is 3.61. The van der Waals surface area contributed by atoms with E-state index in [0.29, 0.717) is 0 Å². The van der Waals surface area contributed by atoms with E-state index < -0.39 is 0 Å². The first-order valence-corrected chi connectivity index (χ1v) is 6.38.